The third-order valence-corrected chi connectivity index (χ3v) is 4.45. The van der Waals surface area contributed by atoms with E-state index in [0.29, 0.717) is 19.6 Å². The summed E-state index contributed by atoms with van der Waals surface area (Å²) in [6, 6.07) is 7.91. The van der Waals surface area contributed by atoms with Gasteiger partial charge in [0.1, 0.15) is 0 Å². The molecule has 0 unspecified atom stereocenters. The average molecular weight is 313 g/mol. The van der Waals surface area contributed by atoms with E-state index < -0.39 is 0 Å². The number of hydrogen-bond acceptors (Lipinski definition) is 3. The lowest BCUT2D eigenvalue weighted by Gasteiger charge is -2.17. The summed E-state index contributed by atoms with van der Waals surface area (Å²) in [7, 11) is 1.93. The number of aromatic nitrogens is 2. The molecule has 0 aliphatic carbocycles. The highest BCUT2D eigenvalue weighted by molar-refractivity contribution is 5.74. The lowest BCUT2D eigenvalue weighted by Crippen LogP contribution is -2.39. The zero-order valence-corrected chi connectivity index (χ0v) is 13.6. The van der Waals surface area contributed by atoms with Crippen LogP contribution in [0.3, 0.4) is 0 Å². The van der Waals surface area contributed by atoms with Crippen molar-refractivity contribution in [2.24, 2.45) is 12.8 Å². The highest BCUT2D eigenvalue weighted by Gasteiger charge is 2.35. The SMILES string of the molecule is Cc1ccccc1CNC(=O)N1C[C@@H](N)[C@H](c2cn(C)cn2)C1. The van der Waals surface area contributed by atoms with Crippen LogP contribution < -0.4 is 11.1 Å². The fraction of sp³-hybridized carbons (Fsp3) is 0.412. The number of nitrogens with two attached hydrogens (primary N) is 1. The second-order valence-electron chi connectivity index (χ2n) is 6.22. The van der Waals surface area contributed by atoms with Gasteiger partial charge in [-0.25, -0.2) is 9.78 Å². The fourth-order valence-corrected chi connectivity index (χ4v) is 3.02. The summed E-state index contributed by atoms with van der Waals surface area (Å²) in [4.78, 5) is 18.5. The van der Waals surface area contributed by atoms with Gasteiger partial charge in [-0.3, -0.25) is 0 Å². The van der Waals surface area contributed by atoms with Gasteiger partial charge >= 0.3 is 6.03 Å². The minimum Gasteiger partial charge on any atom is -0.340 e. The molecule has 1 fully saturated rings. The minimum absolute atomic E-state index is 0.0675. The van der Waals surface area contributed by atoms with E-state index >= 15 is 0 Å². The van der Waals surface area contributed by atoms with Gasteiger partial charge in [-0.2, -0.15) is 0 Å². The lowest BCUT2D eigenvalue weighted by atomic mass is 10.0. The molecule has 1 aliphatic heterocycles. The summed E-state index contributed by atoms with van der Waals surface area (Å²) < 4.78 is 1.91. The largest absolute Gasteiger partial charge is 0.340 e. The van der Waals surface area contributed by atoms with Crippen molar-refractivity contribution >= 4 is 6.03 Å². The number of carbonyl (C=O) groups excluding carboxylic acids is 1. The normalized spacial score (nSPS) is 20.7. The van der Waals surface area contributed by atoms with Crippen LogP contribution in [0.2, 0.25) is 0 Å². The Balaban J connectivity index is 1.59. The smallest absolute Gasteiger partial charge is 0.317 e. The Morgan fingerprint density at radius 3 is 2.87 bits per heavy atom. The predicted molar refractivity (Wildman–Crippen MR) is 88.9 cm³/mol. The number of benzene rings is 1. The van der Waals surface area contributed by atoms with Crippen molar-refractivity contribution in [3.63, 3.8) is 0 Å². The van der Waals surface area contributed by atoms with Crippen LogP contribution in [0.15, 0.2) is 36.8 Å². The zero-order valence-electron chi connectivity index (χ0n) is 13.6. The predicted octanol–water partition coefficient (Wildman–Crippen LogP) is 1.36. The summed E-state index contributed by atoms with van der Waals surface area (Å²) in [5.74, 6) is 0.0976. The van der Waals surface area contributed by atoms with Crippen molar-refractivity contribution in [2.75, 3.05) is 13.1 Å². The van der Waals surface area contributed by atoms with Gasteiger partial charge in [0.25, 0.3) is 0 Å². The summed E-state index contributed by atoms with van der Waals surface area (Å²) >= 11 is 0. The van der Waals surface area contributed by atoms with E-state index in [1.54, 1.807) is 11.2 Å². The Morgan fingerprint density at radius 2 is 2.17 bits per heavy atom. The van der Waals surface area contributed by atoms with Gasteiger partial charge in [0.15, 0.2) is 0 Å². The molecule has 6 heteroatoms. The van der Waals surface area contributed by atoms with Crippen molar-refractivity contribution in [1.82, 2.24) is 19.8 Å². The number of urea groups is 1. The van der Waals surface area contributed by atoms with Crippen molar-refractivity contribution < 1.29 is 4.79 Å². The number of amides is 2. The van der Waals surface area contributed by atoms with Gasteiger partial charge in [0.05, 0.1) is 12.0 Å². The maximum absolute atomic E-state index is 12.4. The first-order chi connectivity index (χ1) is 11.0. The highest BCUT2D eigenvalue weighted by Crippen LogP contribution is 2.25. The third kappa shape index (κ3) is 3.37. The maximum atomic E-state index is 12.4. The van der Waals surface area contributed by atoms with Crippen molar-refractivity contribution in [1.29, 1.82) is 0 Å². The number of nitrogens with one attached hydrogen (secondary N) is 1. The Bertz CT molecular complexity index is 696. The molecule has 2 amide bonds. The van der Waals surface area contributed by atoms with Crippen LogP contribution in [0.25, 0.3) is 0 Å². The first-order valence-electron chi connectivity index (χ1n) is 7.85. The summed E-state index contributed by atoms with van der Waals surface area (Å²) in [5.41, 5.74) is 9.47. The molecule has 3 N–H and O–H groups in total. The molecule has 122 valence electrons. The van der Waals surface area contributed by atoms with E-state index in [-0.39, 0.29) is 18.0 Å². The van der Waals surface area contributed by atoms with Crippen LogP contribution in [-0.4, -0.2) is 39.6 Å². The molecule has 0 bridgehead atoms. The van der Waals surface area contributed by atoms with E-state index in [1.807, 2.05) is 49.0 Å². The molecular weight excluding hydrogens is 290 g/mol. The van der Waals surface area contributed by atoms with Gasteiger partial charge in [-0.15, -0.1) is 0 Å². The summed E-state index contributed by atoms with van der Waals surface area (Å²) in [6.45, 7) is 3.74. The fourth-order valence-electron chi connectivity index (χ4n) is 3.02. The molecule has 1 aromatic carbocycles. The molecule has 0 spiro atoms. The second kappa shape index (κ2) is 6.42. The molecule has 2 heterocycles. The topological polar surface area (TPSA) is 76.2 Å². The van der Waals surface area contributed by atoms with Crippen LogP contribution in [0.1, 0.15) is 22.7 Å². The molecule has 0 radical (unpaired) electrons. The van der Waals surface area contributed by atoms with E-state index in [0.717, 1.165) is 11.3 Å². The van der Waals surface area contributed by atoms with Gasteiger partial charge in [-0.1, -0.05) is 24.3 Å². The van der Waals surface area contributed by atoms with Crippen LogP contribution in [0.5, 0.6) is 0 Å². The van der Waals surface area contributed by atoms with Crippen molar-refractivity contribution in [3.8, 4) is 0 Å². The molecule has 23 heavy (non-hydrogen) atoms. The quantitative estimate of drug-likeness (QED) is 0.898. The minimum atomic E-state index is -0.0749. The monoisotopic (exact) mass is 313 g/mol. The number of hydrogen-bond donors (Lipinski definition) is 2. The summed E-state index contributed by atoms with van der Waals surface area (Å²) in [6.07, 6.45) is 3.74. The Morgan fingerprint density at radius 1 is 1.39 bits per heavy atom. The van der Waals surface area contributed by atoms with Gasteiger partial charge < -0.3 is 20.5 Å². The van der Waals surface area contributed by atoms with Crippen molar-refractivity contribution in [2.45, 2.75) is 25.4 Å². The summed E-state index contributed by atoms with van der Waals surface area (Å²) in [5, 5.41) is 2.99. The van der Waals surface area contributed by atoms with Crippen LogP contribution in [0.4, 0.5) is 4.79 Å². The molecule has 2 atom stereocenters. The third-order valence-electron chi connectivity index (χ3n) is 4.45. The number of likely N-dealkylation sites (tertiary alicyclic amines) is 1. The van der Waals surface area contributed by atoms with E-state index in [2.05, 4.69) is 10.3 Å². The van der Waals surface area contributed by atoms with E-state index in [4.69, 9.17) is 5.73 Å². The Kier molecular flexibility index (Phi) is 4.34. The highest BCUT2D eigenvalue weighted by atomic mass is 16.2. The number of rotatable bonds is 3. The van der Waals surface area contributed by atoms with E-state index in [1.165, 1.54) is 5.56 Å². The van der Waals surface area contributed by atoms with Crippen LogP contribution in [0, 0.1) is 6.92 Å². The van der Waals surface area contributed by atoms with Gasteiger partial charge in [0, 0.05) is 44.8 Å². The average Bonchev–Trinajstić information content (AvgIpc) is 3.12. The molecule has 2 aromatic rings. The van der Waals surface area contributed by atoms with E-state index in [9.17, 15) is 4.79 Å². The number of nitrogens with zero attached hydrogens (tertiary/aromatic N) is 3. The number of aryl methyl sites for hydroxylation is 2. The molecular formula is C17H23N5O. The molecule has 1 saturated heterocycles. The van der Waals surface area contributed by atoms with Crippen LogP contribution >= 0.6 is 0 Å². The molecule has 6 nitrogen and oxygen atoms in total. The van der Waals surface area contributed by atoms with Crippen LogP contribution in [-0.2, 0) is 13.6 Å². The Labute approximate surface area is 136 Å². The second-order valence-corrected chi connectivity index (χ2v) is 6.22. The molecule has 1 aromatic heterocycles. The van der Waals surface area contributed by atoms with Crippen molar-refractivity contribution in [3.05, 3.63) is 53.6 Å². The molecule has 1 aliphatic rings. The van der Waals surface area contributed by atoms with Gasteiger partial charge in [-0.05, 0) is 18.1 Å². The van der Waals surface area contributed by atoms with Gasteiger partial charge in [0.2, 0.25) is 0 Å². The zero-order chi connectivity index (χ0) is 16.4. The standard InChI is InChI=1S/C17H23N5O/c1-12-5-3-4-6-13(12)7-19-17(23)22-8-14(15(18)9-22)16-10-21(2)11-20-16/h3-6,10-11,14-15H,7-9,18H2,1-2H3,(H,19,23)/t14-,15-/m1/s1. The molecule has 0 saturated carbocycles. The number of carbonyl (C=O) groups is 1. The lowest BCUT2D eigenvalue weighted by molar-refractivity contribution is 0.207. The molecule has 3 rings (SSSR count). The first kappa shape index (κ1) is 15.6. The maximum Gasteiger partial charge on any atom is 0.317 e. The number of imidazole rings is 1. The Hall–Kier alpha value is -2.34. The first-order valence-corrected chi connectivity index (χ1v) is 7.85.